The normalized spacial score (nSPS) is 37.6. The van der Waals surface area contributed by atoms with E-state index in [1.54, 1.807) is 0 Å². The second-order valence-corrected chi connectivity index (χ2v) is 6.63. The summed E-state index contributed by atoms with van der Waals surface area (Å²) in [5.74, 6) is 1.46. The van der Waals surface area contributed by atoms with Gasteiger partial charge in [-0.3, -0.25) is 4.79 Å². The van der Waals surface area contributed by atoms with E-state index in [9.17, 15) is 10.1 Å². The number of hydrogen-bond donors (Lipinski definition) is 1. The number of ether oxygens (including phenoxy) is 1. The molecule has 4 nitrogen and oxygen atoms in total. The number of allylic oxidation sites excluding steroid dienone is 5. The van der Waals surface area contributed by atoms with Crippen molar-refractivity contribution in [2.24, 2.45) is 23.0 Å². The summed E-state index contributed by atoms with van der Waals surface area (Å²) in [6, 6.07) is 2.22. The predicted molar refractivity (Wildman–Crippen MR) is 76.2 cm³/mol. The molecule has 0 aromatic heterocycles. The number of nitrogens with two attached hydrogens (primary N) is 1. The van der Waals surface area contributed by atoms with Crippen LogP contribution >= 0.6 is 0 Å². The first-order valence-corrected chi connectivity index (χ1v) is 7.68. The van der Waals surface area contributed by atoms with Gasteiger partial charge in [0.15, 0.2) is 5.78 Å². The lowest BCUT2D eigenvalue weighted by atomic mass is 9.65. The van der Waals surface area contributed by atoms with Gasteiger partial charge < -0.3 is 10.5 Å². The zero-order chi connectivity index (χ0) is 14.6. The van der Waals surface area contributed by atoms with E-state index in [0.29, 0.717) is 23.7 Å². The van der Waals surface area contributed by atoms with E-state index in [2.05, 4.69) is 18.2 Å². The zero-order valence-electron chi connectivity index (χ0n) is 11.9. The molecule has 0 amide bonds. The first kappa shape index (κ1) is 12.7. The molecule has 0 radical (unpaired) electrons. The molecule has 4 heteroatoms. The van der Waals surface area contributed by atoms with Gasteiger partial charge in [-0.2, -0.15) is 5.26 Å². The fourth-order valence-electron chi connectivity index (χ4n) is 4.58. The summed E-state index contributed by atoms with van der Waals surface area (Å²) >= 11 is 0. The number of hydrogen-bond acceptors (Lipinski definition) is 4. The van der Waals surface area contributed by atoms with E-state index < -0.39 is 0 Å². The van der Waals surface area contributed by atoms with Crippen LogP contribution in [0.5, 0.6) is 0 Å². The number of ketones is 1. The number of fused-ring (bicyclic) bond motifs is 2. The van der Waals surface area contributed by atoms with Gasteiger partial charge in [-0.25, -0.2) is 0 Å². The third-order valence-corrected chi connectivity index (χ3v) is 5.50. The van der Waals surface area contributed by atoms with Crippen LogP contribution in [-0.4, -0.2) is 5.78 Å². The lowest BCUT2D eigenvalue weighted by Gasteiger charge is -2.39. The number of carbonyl (C=O) groups is 1. The van der Waals surface area contributed by atoms with E-state index in [4.69, 9.17) is 10.5 Å². The Balaban J connectivity index is 1.89. The highest BCUT2D eigenvalue weighted by molar-refractivity contribution is 5.98. The van der Waals surface area contributed by atoms with Crippen LogP contribution in [0.2, 0.25) is 0 Å². The van der Waals surface area contributed by atoms with E-state index in [1.165, 1.54) is 0 Å². The van der Waals surface area contributed by atoms with Gasteiger partial charge in [0.05, 0.1) is 5.57 Å². The molecule has 1 fully saturated rings. The van der Waals surface area contributed by atoms with E-state index in [1.807, 2.05) is 0 Å². The van der Waals surface area contributed by atoms with Crippen molar-refractivity contribution in [3.05, 3.63) is 34.9 Å². The molecular formula is C17H18N2O2. The second-order valence-electron chi connectivity index (χ2n) is 6.63. The molecule has 21 heavy (non-hydrogen) atoms. The smallest absolute Gasteiger partial charge is 0.204 e. The molecule has 4 aliphatic rings. The molecule has 0 saturated heterocycles. The number of carbonyl (C=O) groups excluding carboxylic acids is 1. The van der Waals surface area contributed by atoms with Crippen LogP contribution < -0.4 is 5.73 Å². The maximum atomic E-state index is 12.5. The Morgan fingerprint density at radius 1 is 1.43 bits per heavy atom. The lowest BCUT2D eigenvalue weighted by molar-refractivity contribution is -0.117. The zero-order valence-corrected chi connectivity index (χ0v) is 11.9. The first-order valence-electron chi connectivity index (χ1n) is 7.68. The Morgan fingerprint density at radius 2 is 2.29 bits per heavy atom. The second kappa shape index (κ2) is 4.24. The Bertz CT molecular complexity index is 665. The minimum Gasteiger partial charge on any atom is -0.444 e. The number of nitriles is 1. The molecule has 0 aromatic rings. The topological polar surface area (TPSA) is 76.1 Å². The standard InChI is InChI=1S/C17H18N2O2/c18-9-11-15(17-6-4-10(8-17)5-7-17)14-12(20)2-1-3-13(14)21-16(11)19/h4,6,10,15H,1-3,5,7-8,19H2/t10-,15+,17+/m0/s1. The SMILES string of the molecule is N#CC1=C(N)OC2=C(C(=O)CCC2)[C@@H]1[C@]12C=C[C@@H](CC1)C2. The van der Waals surface area contributed by atoms with E-state index in [-0.39, 0.29) is 23.0 Å². The molecule has 0 unspecified atom stereocenters. The number of rotatable bonds is 1. The highest BCUT2D eigenvalue weighted by atomic mass is 16.5. The summed E-state index contributed by atoms with van der Waals surface area (Å²) in [4.78, 5) is 12.5. The van der Waals surface area contributed by atoms with Gasteiger partial charge in [-0.15, -0.1) is 0 Å². The molecule has 1 saturated carbocycles. The maximum absolute atomic E-state index is 12.5. The predicted octanol–water partition coefficient (Wildman–Crippen LogP) is 2.69. The summed E-state index contributed by atoms with van der Waals surface area (Å²) in [6.07, 6.45) is 9.79. The molecule has 2 bridgehead atoms. The van der Waals surface area contributed by atoms with Gasteiger partial charge in [0, 0.05) is 29.7 Å². The molecular weight excluding hydrogens is 264 g/mol. The van der Waals surface area contributed by atoms with Crippen molar-refractivity contribution in [2.45, 2.75) is 38.5 Å². The van der Waals surface area contributed by atoms with Crippen molar-refractivity contribution in [3.8, 4) is 6.07 Å². The van der Waals surface area contributed by atoms with Crippen molar-refractivity contribution in [1.82, 2.24) is 0 Å². The monoisotopic (exact) mass is 282 g/mol. The van der Waals surface area contributed by atoms with Crippen LogP contribution in [0.25, 0.3) is 0 Å². The van der Waals surface area contributed by atoms with Crippen molar-refractivity contribution in [1.29, 1.82) is 5.26 Å². The number of nitrogens with zero attached hydrogens (tertiary/aromatic N) is 1. The quantitative estimate of drug-likeness (QED) is 0.750. The van der Waals surface area contributed by atoms with Crippen LogP contribution in [0.4, 0.5) is 0 Å². The van der Waals surface area contributed by atoms with E-state index >= 15 is 0 Å². The minimum absolute atomic E-state index is 0.0995. The van der Waals surface area contributed by atoms with Crippen LogP contribution in [-0.2, 0) is 9.53 Å². The van der Waals surface area contributed by atoms with Gasteiger partial charge in [-0.1, -0.05) is 12.2 Å². The highest BCUT2D eigenvalue weighted by Gasteiger charge is 2.53. The van der Waals surface area contributed by atoms with Crippen LogP contribution in [0.1, 0.15) is 38.5 Å². The Labute approximate surface area is 123 Å². The molecule has 4 rings (SSSR count). The van der Waals surface area contributed by atoms with Gasteiger partial charge in [0.1, 0.15) is 11.8 Å². The molecule has 2 N–H and O–H groups in total. The van der Waals surface area contributed by atoms with Crippen LogP contribution in [0, 0.1) is 28.6 Å². The molecule has 0 aromatic carbocycles. The van der Waals surface area contributed by atoms with Crippen molar-refractivity contribution in [2.75, 3.05) is 0 Å². The lowest BCUT2D eigenvalue weighted by Crippen LogP contribution is -2.37. The van der Waals surface area contributed by atoms with Gasteiger partial charge >= 0.3 is 0 Å². The summed E-state index contributed by atoms with van der Waals surface area (Å²) in [5, 5.41) is 9.57. The summed E-state index contributed by atoms with van der Waals surface area (Å²) < 4.78 is 5.63. The molecule has 1 heterocycles. The average Bonchev–Trinajstić information content (AvgIpc) is 3.07. The molecule has 3 atom stereocenters. The van der Waals surface area contributed by atoms with E-state index in [0.717, 1.165) is 37.7 Å². The first-order chi connectivity index (χ1) is 10.1. The van der Waals surface area contributed by atoms with Gasteiger partial charge in [0.2, 0.25) is 5.88 Å². The molecule has 108 valence electrons. The highest BCUT2D eigenvalue weighted by Crippen LogP contribution is 2.59. The van der Waals surface area contributed by atoms with Crippen LogP contribution in [0.3, 0.4) is 0 Å². The Morgan fingerprint density at radius 3 is 2.90 bits per heavy atom. The summed E-state index contributed by atoms with van der Waals surface area (Å²) in [6.45, 7) is 0. The largest absolute Gasteiger partial charge is 0.444 e. The molecule has 1 aliphatic heterocycles. The Kier molecular flexibility index (Phi) is 2.56. The summed E-state index contributed by atoms with van der Waals surface area (Å²) in [5.41, 5.74) is 7.08. The van der Waals surface area contributed by atoms with Gasteiger partial charge in [0.25, 0.3) is 0 Å². The van der Waals surface area contributed by atoms with Crippen molar-refractivity contribution in [3.63, 3.8) is 0 Å². The van der Waals surface area contributed by atoms with Crippen molar-refractivity contribution < 1.29 is 9.53 Å². The number of Topliss-reactive ketones (excluding diaryl/α,β-unsaturated/α-hetero) is 1. The van der Waals surface area contributed by atoms with Crippen LogP contribution in [0.15, 0.2) is 34.9 Å². The minimum atomic E-state index is -0.192. The van der Waals surface area contributed by atoms with Gasteiger partial charge in [-0.05, 0) is 31.6 Å². The third-order valence-electron chi connectivity index (χ3n) is 5.50. The van der Waals surface area contributed by atoms with Crippen molar-refractivity contribution >= 4 is 5.78 Å². The third kappa shape index (κ3) is 1.64. The maximum Gasteiger partial charge on any atom is 0.204 e. The average molecular weight is 282 g/mol. The molecule has 3 aliphatic carbocycles. The summed E-state index contributed by atoms with van der Waals surface area (Å²) in [7, 11) is 0. The fourth-order valence-corrected chi connectivity index (χ4v) is 4.58. The molecule has 0 spiro atoms. The Hall–Kier alpha value is -2.02. The fraction of sp³-hybridized carbons (Fsp3) is 0.529.